The molecule has 3 rings (SSSR count). The van der Waals surface area contributed by atoms with Crippen molar-refractivity contribution in [1.29, 1.82) is 0 Å². The van der Waals surface area contributed by atoms with Crippen molar-refractivity contribution >= 4 is 46.7 Å². The Kier molecular flexibility index (Phi) is 10.3. The first-order valence-electron chi connectivity index (χ1n) is 10.5. The van der Waals surface area contributed by atoms with E-state index < -0.39 is 0 Å². The van der Waals surface area contributed by atoms with Gasteiger partial charge in [-0.2, -0.15) is 0 Å². The van der Waals surface area contributed by atoms with Crippen LogP contribution in [-0.4, -0.2) is 63.2 Å². The van der Waals surface area contributed by atoms with Crippen LogP contribution in [0.1, 0.15) is 11.1 Å². The van der Waals surface area contributed by atoms with Crippen LogP contribution >= 0.6 is 24.0 Å². The fourth-order valence-corrected chi connectivity index (χ4v) is 3.30. The molecule has 0 fully saturated rings. The quantitative estimate of drug-likeness (QED) is 0.211. The summed E-state index contributed by atoms with van der Waals surface area (Å²) in [5.41, 5.74) is 3.25. The van der Waals surface area contributed by atoms with E-state index in [2.05, 4.69) is 20.6 Å². The zero-order valence-corrected chi connectivity index (χ0v) is 21.8. The summed E-state index contributed by atoms with van der Waals surface area (Å²) in [5, 5.41) is 7.55. The molecule has 3 aromatic rings. The average molecular weight is 565 g/mol. The Labute approximate surface area is 211 Å². The number of amides is 1. The lowest BCUT2D eigenvalue weighted by Crippen LogP contribution is -2.43. The molecule has 8 nitrogen and oxygen atoms in total. The van der Waals surface area contributed by atoms with Crippen molar-refractivity contribution in [2.24, 2.45) is 4.99 Å². The Morgan fingerprint density at radius 2 is 1.82 bits per heavy atom. The normalized spacial score (nSPS) is 11.0. The van der Waals surface area contributed by atoms with E-state index in [-0.39, 0.29) is 36.4 Å². The van der Waals surface area contributed by atoms with Crippen molar-refractivity contribution in [1.82, 2.24) is 20.5 Å². The molecule has 178 valence electrons. The van der Waals surface area contributed by atoms with Crippen molar-refractivity contribution in [2.75, 3.05) is 41.4 Å². The number of ether oxygens (including phenoxy) is 2. The topological polar surface area (TPSA) is 91.0 Å². The van der Waals surface area contributed by atoms with Crippen LogP contribution in [0.5, 0.6) is 11.5 Å². The number of guanidine groups is 1. The Bertz CT molecular complexity index is 1060. The van der Waals surface area contributed by atoms with Gasteiger partial charge in [0.15, 0.2) is 5.96 Å². The highest BCUT2D eigenvalue weighted by Crippen LogP contribution is 2.28. The number of nitrogens with one attached hydrogen (secondary N) is 3. The summed E-state index contributed by atoms with van der Waals surface area (Å²) in [6, 6.07) is 13.7. The Morgan fingerprint density at radius 3 is 2.48 bits per heavy atom. The Hall–Kier alpha value is -2.95. The number of carbonyl (C=O) groups is 1. The van der Waals surface area contributed by atoms with E-state index in [9.17, 15) is 4.79 Å². The second kappa shape index (κ2) is 12.9. The fourth-order valence-electron chi connectivity index (χ4n) is 3.30. The molecule has 0 aliphatic heterocycles. The number of aromatic nitrogens is 1. The van der Waals surface area contributed by atoms with Crippen molar-refractivity contribution in [3.05, 3.63) is 59.8 Å². The maximum Gasteiger partial charge on any atom is 0.241 e. The number of halogens is 1. The van der Waals surface area contributed by atoms with Gasteiger partial charge in [0, 0.05) is 37.7 Å². The Balaban J connectivity index is 0.00000385. The van der Waals surface area contributed by atoms with E-state index in [1.165, 1.54) is 0 Å². The van der Waals surface area contributed by atoms with Crippen LogP contribution < -0.4 is 20.1 Å². The van der Waals surface area contributed by atoms with Crippen LogP contribution in [0.3, 0.4) is 0 Å². The summed E-state index contributed by atoms with van der Waals surface area (Å²) in [6.45, 7) is 1.30. The van der Waals surface area contributed by atoms with Gasteiger partial charge in [0.05, 0.1) is 27.3 Å². The molecule has 3 N–H and O–H groups in total. The van der Waals surface area contributed by atoms with Gasteiger partial charge >= 0.3 is 0 Å². The first-order chi connectivity index (χ1) is 15.5. The van der Waals surface area contributed by atoms with Gasteiger partial charge in [-0.3, -0.25) is 4.79 Å². The van der Waals surface area contributed by atoms with Gasteiger partial charge in [0.2, 0.25) is 5.91 Å². The molecule has 33 heavy (non-hydrogen) atoms. The molecule has 0 atom stereocenters. The number of methoxy groups -OCH3 is 2. The number of aromatic amines is 1. The monoisotopic (exact) mass is 565 g/mol. The third-order valence-corrected chi connectivity index (χ3v) is 5.14. The van der Waals surface area contributed by atoms with Gasteiger partial charge in [-0.1, -0.05) is 18.2 Å². The highest BCUT2D eigenvalue weighted by atomic mass is 127. The lowest BCUT2D eigenvalue weighted by Gasteiger charge is -2.15. The predicted molar refractivity (Wildman–Crippen MR) is 143 cm³/mol. The lowest BCUT2D eigenvalue weighted by atomic mass is 10.1. The highest BCUT2D eigenvalue weighted by Gasteiger charge is 2.10. The maximum atomic E-state index is 12.0. The molecule has 0 bridgehead atoms. The minimum Gasteiger partial charge on any atom is -0.497 e. The number of carbonyl (C=O) groups excluding carboxylic acids is 1. The van der Waals surface area contributed by atoms with Gasteiger partial charge in [-0.25, -0.2) is 4.99 Å². The van der Waals surface area contributed by atoms with Crippen LogP contribution in [-0.2, 0) is 17.8 Å². The maximum absolute atomic E-state index is 12.0. The SMILES string of the molecule is COc1ccc(CN=C(NCCc2c[nH]c3cccc(OC)c23)NCC(=O)N(C)C)cc1.I. The second-order valence-corrected chi connectivity index (χ2v) is 7.53. The summed E-state index contributed by atoms with van der Waals surface area (Å²) in [6.07, 6.45) is 2.78. The molecule has 0 saturated carbocycles. The molecule has 0 aliphatic carbocycles. The van der Waals surface area contributed by atoms with E-state index >= 15 is 0 Å². The van der Waals surface area contributed by atoms with Crippen molar-refractivity contribution < 1.29 is 14.3 Å². The molecule has 2 aromatic carbocycles. The van der Waals surface area contributed by atoms with Crippen LogP contribution in [0.15, 0.2) is 53.7 Å². The van der Waals surface area contributed by atoms with Gasteiger partial charge in [0.1, 0.15) is 11.5 Å². The zero-order chi connectivity index (χ0) is 22.9. The number of H-pyrrole nitrogens is 1. The van der Waals surface area contributed by atoms with Crippen molar-refractivity contribution in [2.45, 2.75) is 13.0 Å². The molecule has 0 unspecified atom stereocenters. The third-order valence-electron chi connectivity index (χ3n) is 5.14. The predicted octanol–water partition coefficient (Wildman–Crippen LogP) is 3.17. The van der Waals surface area contributed by atoms with Gasteiger partial charge in [0.25, 0.3) is 0 Å². The lowest BCUT2D eigenvalue weighted by molar-refractivity contribution is -0.127. The van der Waals surface area contributed by atoms with Gasteiger partial charge in [-0.05, 0) is 41.8 Å². The molecular formula is C24H32IN5O3. The minimum absolute atomic E-state index is 0. The zero-order valence-electron chi connectivity index (χ0n) is 19.5. The van der Waals surface area contributed by atoms with Crippen LogP contribution in [0.25, 0.3) is 10.9 Å². The molecule has 0 saturated heterocycles. The number of likely N-dealkylation sites (N-methyl/N-ethyl adjacent to an activating group) is 1. The van der Waals surface area contributed by atoms with E-state index in [1.807, 2.05) is 48.7 Å². The summed E-state index contributed by atoms with van der Waals surface area (Å²) in [7, 11) is 6.79. The fraction of sp³-hybridized carbons (Fsp3) is 0.333. The number of hydrogen-bond donors (Lipinski definition) is 3. The Morgan fingerprint density at radius 1 is 1.06 bits per heavy atom. The smallest absolute Gasteiger partial charge is 0.241 e. The van der Waals surface area contributed by atoms with Crippen LogP contribution in [0, 0.1) is 0 Å². The van der Waals surface area contributed by atoms with Gasteiger partial charge in [-0.15, -0.1) is 24.0 Å². The van der Waals surface area contributed by atoms with Crippen LogP contribution in [0.2, 0.25) is 0 Å². The molecular weight excluding hydrogens is 533 g/mol. The molecule has 0 radical (unpaired) electrons. The minimum atomic E-state index is -0.0229. The number of nitrogens with zero attached hydrogens (tertiary/aromatic N) is 2. The number of rotatable bonds is 9. The van der Waals surface area contributed by atoms with E-state index in [0.717, 1.165) is 39.9 Å². The summed E-state index contributed by atoms with van der Waals surface area (Å²) >= 11 is 0. The molecule has 1 heterocycles. The number of fused-ring (bicyclic) bond motifs is 1. The van der Waals surface area contributed by atoms with Crippen LogP contribution in [0.4, 0.5) is 0 Å². The average Bonchev–Trinajstić information content (AvgIpc) is 3.23. The summed E-state index contributed by atoms with van der Waals surface area (Å²) in [4.78, 5) is 21.5. The molecule has 9 heteroatoms. The molecule has 0 spiro atoms. The molecule has 1 aromatic heterocycles. The van der Waals surface area contributed by atoms with Crippen molar-refractivity contribution in [3.8, 4) is 11.5 Å². The van der Waals surface area contributed by atoms with Gasteiger partial charge < -0.3 is 30.0 Å². The molecule has 1 amide bonds. The number of aliphatic imine (C=N–C) groups is 1. The molecule has 0 aliphatic rings. The van der Waals surface area contributed by atoms with E-state index in [1.54, 1.807) is 33.2 Å². The largest absolute Gasteiger partial charge is 0.497 e. The summed E-state index contributed by atoms with van der Waals surface area (Å²) in [5.74, 6) is 2.22. The van der Waals surface area contributed by atoms with Crippen molar-refractivity contribution in [3.63, 3.8) is 0 Å². The standard InChI is InChI=1S/C24H31N5O3.HI/c1-29(2)22(30)16-28-24(27-14-17-8-10-19(31-3)11-9-17)25-13-12-18-15-26-20-6-5-7-21(32-4)23(18)20;/h5-11,15,26H,12-14,16H2,1-4H3,(H2,25,27,28);1H. The highest BCUT2D eigenvalue weighted by molar-refractivity contribution is 14.0. The van der Waals surface area contributed by atoms with E-state index in [0.29, 0.717) is 19.0 Å². The third kappa shape index (κ3) is 7.28. The first kappa shape index (κ1) is 26.3. The second-order valence-electron chi connectivity index (χ2n) is 7.53. The number of hydrogen-bond acceptors (Lipinski definition) is 4. The van der Waals surface area contributed by atoms with E-state index in [4.69, 9.17) is 9.47 Å². The first-order valence-corrected chi connectivity index (χ1v) is 10.5. The summed E-state index contributed by atoms with van der Waals surface area (Å²) < 4.78 is 10.7. The number of benzene rings is 2.